The minimum absolute atomic E-state index is 0.0678. The Bertz CT molecular complexity index is 426. The lowest BCUT2D eigenvalue weighted by atomic mass is 10.1. The lowest BCUT2D eigenvalue weighted by Crippen LogP contribution is -2.33. The number of aromatic carboxylic acids is 1. The van der Waals surface area contributed by atoms with Crippen molar-refractivity contribution < 1.29 is 14.7 Å². The molecule has 0 bridgehead atoms. The molecule has 1 aromatic rings. The molecule has 98 valence electrons. The van der Waals surface area contributed by atoms with Gasteiger partial charge in [0.15, 0.2) is 0 Å². The number of carbonyl (C=O) groups is 2. The smallest absolute Gasteiger partial charge is 0.354 e. The fourth-order valence-corrected chi connectivity index (χ4v) is 1.73. The molecule has 5 heteroatoms. The zero-order chi connectivity index (χ0) is 13.7. The van der Waals surface area contributed by atoms with E-state index in [4.69, 9.17) is 5.11 Å². The highest BCUT2D eigenvalue weighted by atomic mass is 16.4. The quantitative estimate of drug-likeness (QED) is 0.837. The van der Waals surface area contributed by atoms with Gasteiger partial charge in [-0.05, 0) is 31.4 Å². The lowest BCUT2D eigenvalue weighted by Gasteiger charge is -2.15. The van der Waals surface area contributed by atoms with E-state index >= 15 is 0 Å². The number of pyridine rings is 1. The van der Waals surface area contributed by atoms with E-state index in [2.05, 4.69) is 24.1 Å². The standard InChI is InChI=1S/C13H18N2O3/c1-8(2)6-9(3)15-12(16)10-4-5-11(13(17)18)14-7-10/h4-5,7-9H,6H2,1-3H3,(H,15,16)(H,17,18). The summed E-state index contributed by atoms with van der Waals surface area (Å²) in [5.41, 5.74) is 0.303. The molecule has 0 aliphatic rings. The van der Waals surface area contributed by atoms with Crippen molar-refractivity contribution in [2.75, 3.05) is 0 Å². The van der Waals surface area contributed by atoms with Gasteiger partial charge in [-0.1, -0.05) is 13.8 Å². The van der Waals surface area contributed by atoms with E-state index in [-0.39, 0.29) is 17.6 Å². The fourth-order valence-electron chi connectivity index (χ4n) is 1.73. The van der Waals surface area contributed by atoms with Crippen molar-refractivity contribution >= 4 is 11.9 Å². The molecule has 0 aromatic carbocycles. The summed E-state index contributed by atoms with van der Waals surface area (Å²) >= 11 is 0. The number of amides is 1. The van der Waals surface area contributed by atoms with Gasteiger partial charge in [0.05, 0.1) is 5.56 Å². The molecule has 1 heterocycles. The van der Waals surface area contributed by atoms with Crippen molar-refractivity contribution in [1.82, 2.24) is 10.3 Å². The molecule has 0 aliphatic heterocycles. The molecule has 5 nitrogen and oxygen atoms in total. The molecule has 18 heavy (non-hydrogen) atoms. The predicted molar refractivity (Wildman–Crippen MR) is 67.6 cm³/mol. The number of carboxylic acids is 1. The van der Waals surface area contributed by atoms with Crippen molar-refractivity contribution in [3.63, 3.8) is 0 Å². The number of nitrogens with one attached hydrogen (secondary N) is 1. The Morgan fingerprint density at radius 1 is 1.33 bits per heavy atom. The van der Waals surface area contributed by atoms with E-state index < -0.39 is 5.97 Å². The van der Waals surface area contributed by atoms with Gasteiger partial charge in [0.1, 0.15) is 5.69 Å². The van der Waals surface area contributed by atoms with Crippen LogP contribution in [0.3, 0.4) is 0 Å². The summed E-state index contributed by atoms with van der Waals surface area (Å²) in [5.74, 6) is -0.824. The van der Waals surface area contributed by atoms with E-state index in [1.54, 1.807) is 0 Å². The second kappa shape index (κ2) is 6.14. The summed E-state index contributed by atoms with van der Waals surface area (Å²) in [6, 6.07) is 2.87. The summed E-state index contributed by atoms with van der Waals surface area (Å²) in [4.78, 5) is 26.1. The van der Waals surface area contributed by atoms with Crippen molar-refractivity contribution in [3.05, 3.63) is 29.6 Å². The Hall–Kier alpha value is -1.91. The van der Waals surface area contributed by atoms with Crippen LogP contribution in [0, 0.1) is 5.92 Å². The second-order valence-corrected chi connectivity index (χ2v) is 4.74. The molecule has 0 saturated heterocycles. The predicted octanol–water partition coefficient (Wildman–Crippen LogP) is 1.94. The van der Waals surface area contributed by atoms with Gasteiger partial charge in [-0.2, -0.15) is 0 Å². The van der Waals surface area contributed by atoms with Crippen LogP contribution in [0.2, 0.25) is 0 Å². The Morgan fingerprint density at radius 2 is 2.00 bits per heavy atom. The van der Waals surface area contributed by atoms with Crippen LogP contribution in [0.5, 0.6) is 0 Å². The average molecular weight is 250 g/mol. The van der Waals surface area contributed by atoms with Gasteiger partial charge in [-0.15, -0.1) is 0 Å². The Balaban J connectivity index is 2.64. The SMILES string of the molecule is CC(C)CC(C)NC(=O)c1ccc(C(=O)O)nc1. The maximum Gasteiger partial charge on any atom is 0.354 e. The van der Waals surface area contributed by atoms with E-state index in [0.717, 1.165) is 6.42 Å². The molecule has 0 spiro atoms. The first kappa shape index (κ1) is 14.2. The van der Waals surface area contributed by atoms with E-state index in [0.29, 0.717) is 11.5 Å². The maximum absolute atomic E-state index is 11.8. The summed E-state index contributed by atoms with van der Waals surface area (Å²) in [7, 11) is 0. The van der Waals surface area contributed by atoms with Gasteiger partial charge in [0, 0.05) is 12.2 Å². The van der Waals surface area contributed by atoms with Crippen LogP contribution < -0.4 is 5.32 Å². The second-order valence-electron chi connectivity index (χ2n) is 4.74. The van der Waals surface area contributed by atoms with E-state index in [1.807, 2.05) is 6.92 Å². The van der Waals surface area contributed by atoms with Crippen LogP contribution in [0.25, 0.3) is 0 Å². The van der Waals surface area contributed by atoms with Gasteiger partial charge < -0.3 is 10.4 Å². The lowest BCUT2D eigenvalue weighted by molar-refractivity contribution is 0.0689. The topological polar surface area (TPSA) is 79.3 Å². The van der Waals surface area contributed by atoms with Crippen LogP contribution in [0.4, 0.5) is 0 Å². The van der Waals surface area contributed by atoms with Crippen molar-refractivity contribution in [2.24, 2.45) is 5.92 Å². The average Bonchev–Trinajstić information content (AvgIpc) is 2.27. The molecule has 1 atom stereocenters. The molecule has 2 N–H and O–H groups in total. The zero-order valence-corrected chi connectivity index (χ0v) is 10.8. The van der Waals surface area contributed by atoms with Crippen molar-refractivity contribution in [3.8, 4) is 0 Å². The van der Waals surface area contributed by atoms with Crippen molar-refractivity contribution in [2.45, 2.75) is 33.2 Å². The number of nitrogens with zero attached hydrogens (tertiary/aromatic N) is 1. The van der Waals surface area contributed by atoms with Gasteiger partial charge in [-0.25, -0.2) is 9.78 Å². The molecule has 0 aliphatic carbocycles. The Labute approximate surface area is 106 Å². The number of carboxylic acid groups (broad SMARTS) is 1. The maximum atomic E-state index is 11.8. The molecule has 1 rings (SSSR count). The van der Waals surface area contributed by atoms with Crippen LogP contribution in [0.15, 0.2) is 18.3 Å². The Kier molecular flexibility index (Phi) is 4.83. The number of hydrogen-bond donors (Lipinski definition) is 2. The molecule has 1 aromatic heterocycles. The van der Waals surface area contributed by atoms with E-state index in [9.17, 15) is 9.59 Å². The third-order valence-electron chi connectivity index (χ3n) is 2.45. The van der Waals surface area contributed by atoms with Gasteiger partial charge >= 0.3 is 5.97 Å². The van der Waals surface area contributed by atoms with Gasteiger partial charge in [-0.3, -0.25) is 4.79 Å². The molecule has 0 saturated carbocycles. The summed E-state index contributed by atoms with van der Waals surface area (Å²) < 4.78 is 0. The Morgan fingerprint density at radius 3 is 2.44 bits per heavy atom. The minimum Gasteiger partial charge on any atom is -0.477 e. The first-order valence-corrected chi connectivity index (χ1v) is 5.90. The van der Waals surface area contributed by atoms with Crippen molar-refractivity contribution in [1.29, 1.82) is 0 Å². The summed E-state index contributed by atoms with van der Waals surface area (Å²) in [6.07, 6.45) is 2.17. The van der Waals surface area contributed by atoms with Crippen LogP contribution in [0.1, 0.15) is 48.0 Å². The molecular formula is C13H18N2O3. The summed E-state index contributed by atoms with van der Waals surface area (Å²) in [6.45, 7) is 6.12. The fraction of sp³-hybridized carbons (Fsp3) is 0.462. The molecule has 1 unspecified atom stereocenters. The third-order valence-corrected chi connectivity index (χ3v) is 2.45. The first-order valence-electron chi connectivity index (χ1n) is 5.90. The first-order chi connectivity index (χ1) is 8.40. The van der Waals surface area contributed by atoms with E-state index in [1.165, 1.54) is 18.3 Å². The highest BCUT2D eigenvalue weighted by Crippen LogP contribution is 2.06. The van der Waals surface area contributed by atoms with Crippen LogP contribution in [-0.4, -0.2) is 28.0 Å². The third kappa shape index (κ3) is 4.16. The summed E-state index contributed by atoms with van der Waals surface area (Å²) in [5, 5.41) is 11.5. The number of aromatic nitrogens is 1. The minimum atomic E-state index is -1.10. The number of rotatable bonds is 5. The molecule has 0 radical (unpaired) electrons. The van der Waals surface area contributed by atoms with Crippen LogP contribution in [-0.2, 0) is 0 Å². The highest BCUT2D eigenvalue weighted by molar-refractivity contribution is 5.95. The van der Waals surface area contributed by atoms with Crippen LogP contribution >= 0.6 is 0 Å². The number of hydrogen-bond acceptors (Lipinski definition) is 3. The molecule has 0 fully saturated rings. The molecule has 1 amide bonds. The normalized spacial score (nSPS) is 12.2. The molecular weight excluding hydrogens is 232 g/mol. The van der Waals surface area contributed by atoms with Gasteiger partial charge in [0.25, 0.3) is 5.91 Å². The van der Waals surface area contributed by atoms with Gasteiger partial charge in [0.2, 0.25) is 0 Å². The number of carbonyl (C=O) groups excluding carboxylic acids is 1. The largest absolute Gasteiger partial charge is 0.477 e. The zero-order valence-electron chi connectivity index (χ0n) is 10.8. The monoisotopic (exact) mass is 250 g/mol. The highest BCUT2D eigenvalue weighted by Gasteiger charge is 2.12.